The topological polar surface area (TPSA) is 71.8 Å². The van der Waals surface area contributed by atoms with Crippen LogP contribution in [0, 0.1) is 11.6 Å². The van der Waals surface area contributed by atoms with Gasteiger partial charge in [-0.1, -0.05) is 36.4 Å². The molecule has 1 aliphatic rings. The van der Waals surface area contributed by atoms with Gasteiger partial charge in [0.1, 0.15) is 0 Å². The maximum Gasteiger partial charge on any atom is 0.254 e. The van der Waals surface area contributed by atoms with Crippen molar-refractivity contribution in [2.75, 3.05) is 0 Å². The number of benzene rings is 2. The summed E-state index contributed by atoms with van der Waals surface area (Å²) >= 11 is 0. The number of nitrogens with one attached hydrogen (secondary N) is 1. The van der Waals surface area contributed by atoms with Crippen LogP contribution in [-0.4, -0.2) is 16.0 Å². The summed E-state index contributed by atoms with van der Waals surface area (Å²) in [7, 11) is 0. The van der Waals surface area contributed by atoms with Crippen LogP contribution in [0.25, 0.3) is 11.1 Å². The number of nitrogens with zero attached hydrogens (tertiary/aromatic N) is 1. The molecule has 0 fully saturated rings. The van der Waals surface area contributed by atoms with E-state index in [9.17, 15) is 13.6 Å². The predicted octanol–water partition coefficient (Wildman–Crippen LogP) is 3.31. The molecule has 3 N–H and O–H groups in total. The van der Waals surface area contributed by atoms with Crippen LogP contribution >= 0.6 is 0 Å². The fourth-order valence-corrected chi connectivity index (χ4v) is 3.85. The highest BCUT2D eigenvalue weighted by Crippen LogP contribution is 2.32. The molecule has 138 valence electrons. The Balaban J connectivity index is 1.71. The second kappa shape index (κ2) is 7.04. The van der Waals surface area contributed by atoms with Gasteiger partial charge in [-0.2, -0.15) is 0 Å². The third kappa shape index (κ3) is 3.28. The lowest BCUT2D eigenvalue weighted by molar-refractivity contribution is 0.456. The minimum Gasteiger partial charge on any atom is -0.327 e. The average Bonchev–Trinajstić information content (AvgIpc) is 2.67. The summed E-state index contributed by atoms with van der Waals surface area (Å²) in [6.07, 6.45) is 3.40. The van der Waals surface area contributed by atoms with Gasteiger partial charge in [0.15, 0.2) is 11.6 Å². The maximum atomic E-state index is 14.1. The van der Waals surface area contributed by atoms with Gasteiger partial charge in [-0.25, -0.2) is 13.8 Å². The van der Waals surface area contributed by atoms with Gasteiger partial charge in [0.25, 0.3) is 5.56 Å². The minimum absolute atomic E-state index is 0.155. The van der Waals surface area contributed by atoms with Crippen molar-refractivity contribution in [1.29, 1.82) is 0 Å². The number of aromatic amines is 1. The number of H-pyrrole nitrogens is 1. The maximum absolute atomic E-state index is 14.1. The number of aromatic nitrogens is 2. The molecule has 0 radical (unpaired) electrons. The molecular weight excluding hydrogens is 348 g/mol. The van der Waals surface area contributed by atoms with E-state index < -0.39 is 11.6 Å². The molecule has 0 aliphatic heterocycles. The molecule has 0 saturated heterocycles. The van der Waals surface area contributed by atoms with E-state index >= 15 is 0 Å². The van der Waals surface area contributed by atoms with Crippen molar-refractivity contribution in [2.45, 2.75) is 31.2 Å². The molecule has 4 rings (SSSR count). The highest BCUT2D eigenvalue weighted by Gasteiger charge is 2.30. The lowest BCUT2D eigenvalue weighted by Gasteiger charge is -2.29. The highest BCUT2D eigenvalue weighted by molar-refractivity contribution is 5.65. The quantitative estimate of drug-likeness (QED) is 0.746. The first kappa shape index (κ1) is 17.5. The summed E-state index contributed by atoms with van der Waals surface area (Å²) < 4.78 is 27.7. The van der Waals surface area contributed by atoms with Crippen LogP contribution < -0.4 is 11.3 Å². The van der Waals surface area contributed by atoms with Crippen molar-refractivity contribution in [3.8, 4) is 11.1 Å². The fourth-order valence-electron chi connectivity index (χ4n) is 3.85. The van der Waals surface area contributed by atoms with Gasteiger partial charge in [0.05, 0.1) is 12.0 Å². The zero-order valence-electron chi connectivity index (χ0n) is 14.6. The zero-order valence-corrected chi connectivity index (χ0v) is 14.6. The molecule has 0 amide bonds. The van der Waals surface area contributed by atoms with Crippen LogP contribution in [0.1, 0.15) is 29.2 Å². The molecule has 2 unspecified atom stereocenters. The van der Waals surface area contributed by atoms with Crippen LogP contribution in [0.15, 0.2) is 53.6 Å². The Morgan fingerprint density at radius 3 is 2.85 bits per heavy atom. The highest BCUT2D eigenvalue weighted by atomic mass is 19.2. The van der Waals surface area contributed by atoms with Crippen molar-refractivity contribution in [3.63, 3.8) is 0 Å². The molecule has 1 heterocycles. The van der Waals surface area contributed by atoms with Crippen LogP contribution in [0.2, 0.25) is 0 Å². The van der Waals surface area contributed by atoms with Gasteiger partial charge in [-0.05, 0) is 36.5 Å². The summed E-state index contributed by atoms with van der Waals surface area (Å²) in [4.78, 5) is 19.3. The summed E-state index contributed by atoms with van der Waals surface area (Å²) in [5, 5.41) is 0. The largest absolute Gasteiger partial charge is 0.327 e. The monoisotopic (exact) mass is 367 g/mol. The summed E-state index contributed by atoms with van der Waals surface area (Å²) in [6.45, 7) is 0. The van der Waals surface area contributed by atoms with Gasteiger partial charge < -0.3 is 10.7 Å². The van der Waals surface area contributed by atoms with Crippen molar-refractivity contribution in [2.24, 2.45) is 5.73 Å². The first-order valence-electron chi connectivity index (χ1n) is 8.90. The lowest BCUT2D eigenvalue weighted by atomic mass is 9.79. The van der Waals surface area contributed by atoms with Crippen molar-refractivity contribution in [1.82, 2.24) is 9.97 Å². The van der Waals surface area contributed by atoms with Crippen molar-refractivity contribution >= 4 is 0 Å². The molecule has 6 heteroatoms. The van der Waals surface area contributed by atoms with Crippen LogP contribution in [0.3, 0.4) is 0 Å². The van der Waals surface area contributed by atoms with Gasteiger partial charge >= 0.3 is 0 Å². The molecule has 0 spiro atoms. The third-order valence-electron chi connectivity index (χ3n) is 5.22. The molecule has 0 bridgehead atoms. The van der Waals surface area contributed by atoms with E-state index in [2.05, 4.69) is 9.97 Å². The van der Waals surface area contributed by atoms with Gasteiger partial charge in [-0.3, -0.25) is 4.79 Å². The molecule has 27 heavy (non-hydrogen) atoms. The summed E-state index contributed by atoms with van der Waals surface area (Å²) in [5.41, 5.74) is 9.30. The van der Waals surface area contributed by atoms with E-state index in [1.807, 2.05) is 12.1 Å². The Hall–Kier alpha value is -2.86. The van der Waals surface area contributed by atoms with E-state index in [4.69, 9.17) is 5.73 Å². The zero-order chi connectivity index (χ0) is 19.0. The number of hydrogen-bond donors (Lipinski definition) is 2. The summed E-state index contributed by atoms with van der Waals surface area (Å²) in [5.74, 6) is -1.91. The number of nitrogens with two attached hydrogens (primary N) is 1. The van der Waals surface area contributed by atoms with E-state index in [1.54, 1.807) is 18.2 Å². The van der Waals surface area contributed by atoms with E-state index in [-0.39, 0.29) is 23.1 Å². The molecule has 2 aromatic carbocycles. The standard InChI is InChI=1S/C21H19F2N3O/c22-16-6-2-5-14(20(16)23)13-4-1-3-12(9-13)10-15-17(24)7-8-18-19(15)21(27)26-11-25-18/h1-6,9,11,15,17H,7-8,10,24H2,(H,25,26,27). The number of fused-ring (bicyclic) bond motifs is 1. The Kier molecular flexibility index (Phi) is 4.58. The Labute approximate surface area is 155 Å². The van der Waals surface area contributed by atoms with Crippen LogP contribution in [-0.2, 0) is 12.8 Å². The predicted molar refractivity (Wildman–Crippen MR) is 99.4 cm³/mol. The number of rotatable bonds is 3. The minimum atomic E-state index is -0.876. The number of hydrogen-bond acceptors (Lipinski definition) is 3. The molecule has 0 saturated carbocycles. The van der Waals surface area contributed by atoms with Gasteiger partial charge in [0, 0.05) is 23.1 Å². The SMILES string of the molecule is NC1CCc2nc[nH]c(=O)c2C1Cc1cccc(-c2cccc(F)c2F)c1. The molecule has 2 atom stereocenters. The molecule has 3 aromatic rings. The molecule has 4 nitrogen and oxygen atoms in total. The molecular formula is C21H19F2N3O. The van der Waals surface area contributed by atoms with E-state index in [1.165, 1.54) is 12.4 Å². The smallest absolute Gasteiger partial charge is 0.254 e. The average molecular weight is 367 g/mol. The van der Waals surface area contributed by atoms with E-state index in [0.717, 1.165) is 23.7 Å². The molecule has 1 aromatic heterocycles. The Morgan fingerprint density at radius 2 is 2.00 bits per heavy atom. The Morgan fingerprint density at radius 1 is 1.19 bits per heavy atom. The number of halogens is 2. The Bertz CT molecular complexity index is 1050. The normalized spacial score (nSPS) is 18.9. The third-order valence-corrected chi connectivity index (χ3v) is 5.22. The number of aryl methyl sites for hydroxylation is 1. The van der Waals surface area contributed by atoms with Crippen molar-refractivity contribution in [3.05, 3.63) is 87.6 Å². The first-order valence-corrected chi connectivity index (χ1v) is 8.90. The first-order chi connectivity index (χ1) is 13.0. The van der Waals surface area contributed by atoms with Gasteiger partial charge in [-0.15, -0.1) is 0 Å². The van der Waals surface area contributed by atoms with E-state index in [0.29, 0.717) is 24.0 Å². The fraction of sp³-hybridized carbons (Fsp3) is 0.238. The van der Waals surface area contributed by atoms with Crippen LogP contribution in [0.5, 0.6) is 0 Å². The second-order valence-electron chi connectivity index (χ2n) is 6.91. The van der Waals surface area contributed by atoms with Gasteiger partial charge in [0.2, 0.25) is 0 Å². The lowest BCUT2D eigenvalue weighted by Crippen LogP contribution is -2.38. The summed E-state index contributed by atoms with van der Waals surface area (Å²) in [6, 6.07) is 11.3. The van der Waals surface area contributed by atoms with Crippen molar-refractivity contribution < 1.29 is 8.78 Å². The second-order valence-corrected chi connectivity index (χ2v) is 6.91. The molecule has 1 aliphatic carbocycles. The van der Waals surface area contributed by atoms with Crippen LogP contribution in [0.4, 0.5) is 8.78 Å².